The van der Waals surface area contributed by atoms with Crippen LogP contribution in [0.2, 0.25) is 0 Å². The molecule has 2 aliphatic heterocycles. The maximum Gasteiger partial charge on any atom is 0.244 e. The fraction of sp³-hybridized carbons (Fsp3) is 0.938. The summed E-state index contributed by atoms with van der Waals surface area (Å²) < 4.78 is 5.80. The molecule has 4 nitrogen and oxygen atoms in total. The van der Waals surface area contributed by atoms with Crippen LogP contribution in [-0.4, -0.2) is 41.1 Å². The molecule has 1 saturated carbocycles. The SMILES string of the molecule is CCC1CCC(C)N1C(=O)C1(N)C2CCOC2C1(C)C. The minimum Gasteiger partial charge on any atom is -0.377 e. The first-order chi connectivity index (χ1) is 9.35. The molecular weight excluding hydrogens is 252 g/mol. The molecule has 0 aromatic heterocycles. The third kappa shape index (κ3) is 1.52. The van der Waals surface area contributed by atoms with Crippen molar-refractivity contribution in [1.29, 1.82) is 0 Å². The number of nitrogens with two attached hydrogens (primary N) is 1. The van der Waals surface area contributed by atoms with Gasteiger partial charge in [0.25, 0.3) is 0 Å². The summed E-state index contributed by atoms with van der Waals surface area (Å²) in [7, 11) is 0. The first-order valence-electron chi connectivity index (χ1n) is 8.09. The third-order valence-corrected chi connectivity index (χ3v) is 6.30. The van der Waals surface area contributed by atoms with Gasteiger partial charge in [-0.3, -0.25) is 4.79 Å². The van der Waals surface area contributed by atoms with Crippen LogP contribution in [0.5, 0.6) is 0 Å². The molecule has 0 aromatic carbocycles. The summed E-state index contributed by atoms with van der Waals surface area (Å²) in [5.74, 6) is 0.376. The molecule has 3 fully saturated rings. The van der Waals surface area contributed by atoms with Gasteiger partial charge in [-0.1, -0.05) is 20.8 Å². The van der Waals surface area contributed by atoms with E-state index in [-0.39, 0.29) is 23.3 Å². The van der Waals surface area contributed by atoms with Gasteiger partial charge in [0.1, 0.15) is 5.54 Å². The topological polar surface area (TPSA) is 55.6 Å². The van der Waals surface area contributed by atoms with Crippen LogP contribution in [0.25, 0.3) is 0 Å². The van der Waals surface area contributed by atoms with E-state index in [0.717, 1.165) is 32.3 Å². The van der Waals surface area contributed by atoms with Gasteiger partial charge in [-0.2, -0.15) is 0 Å². The van der Waals surface area contributed by atoms with Crippen molar-refractivity contribution >= 4 is 5.91 Å². The lowest BCUT2D eigenvalue weighted by molar-refractivity contribution is -0.186. The monoisotopic (exact) mass is 280 g/mol. The second kappa shape index (κ2) is 4.44. The Bertz CT molecular complexity index is 423. The second-order valence-electron chi connectivity index (χ2n) is 7.48. The average Bonchev–Trinajstić information content (AvgIpc) is 3.02. The van der Waals surface area contributed by atoms with Crippen molar-refractivity contribution in [3.63, 3.8) is 0 Å². The van der Waals surface area contributed by atoms with Crippen molar-refractivity contribution in [2.75, 3.05) is 6.61 Å². The number of hydrogen-bond acceptors (Lipinski definition) is 3. The highest BCUT2D eigenvalue weighted by Gasteiger charge is 2.72. The summed E-state index contributed by atoms with van der Waals surface area (Å²) in [5.41, 5.74) is 5.70. The predicted octanol–water partition coefficient (Wildman–Crippen LogP) is 1.92. The molecule has 5 unspecified atom stereocenters. The first-order valence-corrected chi connectivity index (χ1v) is 8.09. The van der Waals surface area contributed by atoms with Gasteiger partial charge in [0.15, 0.2) is 0 Å². The Balaban J connectivity index is 1.89. The van der Waals surface area contributed by atoms with E-state index in [1.54, 1.807) is 0 Å². The van der Waals surface area contributed by atoms with E-state index in [9.17, 15) is 4.79 Å². The number of ether oxygens (including phenoxy) is 1. The number of carbonyl (C=O) groups is 1. The molecule has 0 bridgehead atoms. The smallest absolute Gasteiger partial charge is 0.244 e. The molecular formula is C16H28N2O2. The molecule has 3 aliphatic rings. The van der Waals surface area contributed by atoms with Gasteiger partial charge in [0.05, 0.1) is 6.10 Å². The Morgan fingerprint density at radius 2 is 2.05 bits per heavy atom. The van der Waals surface area contributed by atoms with Crippen LogP contribution >= 0.6 is 0 Å². The van der Waals surface area contributed by atoms with Gasteiger partial charge in [-0.25, -0.2) is 0 Å². The van der Waals surface area contributed by atoms with E-state index in [0.29, 0.717) is 12.1 Å². The van der Waals surface area contributed by atoms with Gasteiger partial charge < -0.3 is 15.4 Å². The number of likely N-dealkylation sites (tertiary alicyclic amines) is 1. The van der Waals surface area contributed by atoms with Crippen LogP contribution in [-0.2, 0) is 9.53 Å². The maximum atomic E-state index is 13.2. The molecule has 2 N–H and O–H groups in total. The van der Waals surface area contributed by atoms with Gasteiger partial charge in [-0.05, 0) is 32.6 Å². The minimum atomic E-state index is -0.736. The van der Waals surface area contributed by atoms with Crippen LogP contribution < -0.4 is 5.73 Å². The maximum absolute atomic E-state index is 13.2. The first kappa shape index (κ1) is 14.3. The Kier molecular flexibility index (Phi) is 3.18. The van der Waals surface area contributed by atoms with Crippen molar-refractivity contribution < 1.29 is 9.53 Å². The summed E-state index contributed by atoms with van der Waals surface area (Å²) >= 11 is 0. The highest BCUT2D eigenvalue weighted by molar-refractivity contribution is 5.90. The second-order valence-corrected chi connectivity index (χ2v) is 7.48. The Morgan fingerprint density at radius 3 is 2.70 bits per heavy atom. The molecule has 2 heterocycles. The van der Waals surface area contributed by atoms with Crippen LogP contribution in [0.1, 0.15) is 53.4 Å². The predicted molar refractivity (Wildman–Crippen MR) is 78.2 cm³/mol. The van der Waals surface area contributed by atoms with Crippen molar-refractivity contribution in [3.8, 4) is 0 Å². The summed E-state index contributed by atoms with van der Waals surface area (Å²) in [4.78, 5) is 15.3. The van der Waals surface area contributed by atoms with E-state index >= 15 is 0 Å². The molecule has 0 aromatic rings. The molecule has 114 valence electrons. The zero-order chi connectivity index (χ0) is 14.7. The van der Waals surface area contributed by atoms with Gasteiger partial charge in [0, 0.05) is 30.0 Å². The summed E-state index contributed by atoms with van der Waals surface area (Å²) in [5, 5.41) is 0. The number of amides is 1. The molecule has 4 heteroatoms. The fourth-order valence-corrected chi connectivity index (χ4v) is 4.87. The van der Waals surface area contributed by atoms with E-state index in [1.165, 1.54) is 0 Å². The molecule has 0 radical (unpaired) electrons. The number of rotatable bonds is 2. The third-order valence-electron chi connectivity index (χ3n) is 6.30. The summed E-state index contributed by atoms with van der Waals surface area (Å²) in [6, 6.07) is 0.695. The van der Waals surface area contributed by atoms with E-state index in [2.05, 4.69) is 32.6 Å². The Hall–Kier alpha value is -0.610. The average molecular weight is 280 g/mol. The lowest BCUT2D eigenvalue weighted by atomic mass is 9.47. The normalized spacial score (nSPS) is 46.1. The molecule has 2 saturated heterocycles. The molecule has 0 spiro atoms. The van der Waals surface area contributed by atoms with Crippen molar-refractivity contribution in [1.82, 2.24) is 4.90 Å². The number of fused-ring (bicyclic) bond motifs is 1. The van der Waals surface area contributed by atoms with Gasteiger partial charge in [-0.15, -0.1) is 0 Å². The zero-order valence-electron chi connectivity index (χ0n) is 13.2. The fourth-order valence-electron chi connectivity index (χ4n) is 4.87. The van der Waals surface area contributed by atoms with E-state index in [4.69, 9.17) is 10.5 Å². The Labute approximate surface area is 122 Å². The van der Waals surface area contributed by atoms with Crippen LogP contribution in [0.3, 0.4) is 0 Å². The van der Waals surface area contributed by atoms with E-state index < -0.39 is 5.54 Å². The Morgan fingerprint density at radius 1 is 1.35 bits per heavy atom. The largest absolute Gasteiger partial charge is 0.377 e. The minimum absolute atomic E-state index is 0.162. The van der Waals surface area contributed by atoms with Crippen LogP contribution in [0.15, 0.2) is 0 Å². The molecule has 20 heavy (non-hydrogen) atoms. The van der Waals surface area contributed by atoms with Gasteiger partial charge in [0.2, 0.25) is 5.91 Å². The molecule has 5 atom stereocenters. The quantitative estimate of drug-likeness (QED) is 0.841. The molecule has 3 rings (SSSR count). The standard InChI is InChI=1S/C16H28N2O2/c1-5-11-7-6-10(2)18(11)14(19)16(17)12-8-9-20-13(12)15(16,3)4/h10-13H,5-9,17H2,1-4H3. The zero-order valence-corrected chi connectivity index (χ0v) is 13.2. The van der Waals surface area contributed by atoms with Gasteiger partial charge >= 0.3 is 0 Å². The van der Waals surface area contributed by atoms with Crippen molar-refractivity contribution in [2.24, 2.45) is 17.1 Å². The van der Waals surface area contributed by atoms with Crippen LogP contribution in [0.4, 0.5) is 0 Å². The lowest BCUT2D eigenvalue weighted by Crippen LogP contribution is -2.80. The number of nitrogens with zero attached hydrogens (tertiary/aromatic N) is 1. The summed E-state index contributed by atoms with van der Waals surface area (Å²) in [6.07, 6.45) is 4.33. The highest BCUT2D eigenvalue weighted by Crippen LogP contribution is 2.59. The lowest BCUT2D eigenvalue weighted by Gasteiger charge is -2.62. The van der Waals surface area contributed by atoms with Crippen LogP contribution in [0, 0.1) is 11.3 Å². The highest BCUT2D eigenvalue weighted by atomic mass is 16.5. The number of carbonyl (C=O) groups excluding carboxylic acids is 1. The molecule has 1 aliphatic carbocycles. The summed E-state index contributed by atoms with van der Waals surface area (Å²) in [6.45, 7) is 9.26. The molecule has 1 amide bonds. The number of hydrogen-bond donors (Lipinski definition) is 1. The van der Waals surface area contributed by atoms with Crippen molar-refractivity contribution in [3.05, 3.63) is 0 Å². The van der Waals surface area contributed by atoms with E-state index in [1.807, 2.05) is 0 Å². The van der Waals surface area contributed by atoms with Crippen molar-refractivity contribution in [2.45, 2.75) is 77.1 Å².